The van der Waals surface area contributed by atoms with Crippen LogP contribution in [0.3, 0.4) is 0 Å². The number of carbonyl (C=O) groups excluding carboxylic acids is 1. The largest absolute Gasteiger partial charge is 0.353 e. The van der Waals surface area contributed by atoms with Gasteiger partial charge in [-0.25, -0.2) is 0 Å². The normalized spacial score (nSPS) is 18.8. The average molecular weight is 273 g/mol. The molecular formula is C13H15N5O2. The first-order valence-corrected chi connectivity index (χ1v) is 6.53. The molecule has 0 radical (unpaired) electrons. The number of hydrogen-bond acceptors (Lipinski definition) is 6. The van der Waals surface area contributed by atoms with E-state index in [2.05, 4.69) is 25.8 Å². The molecule has 0 bridgehead atoms. The van der Waals surface area contributed by atoms with Gasteiger partial charge in [-0.3, -0.25) is 9.78 Å². The molecule has 1 unspecified atom stereocenters. The van der Waals surface area contributed by atoms with Gasteiger partial charge in [-0.1, -0.05) is 11.2 Å². The SMILES string of the molecule is O=C1NCCNC1Cc1nc(Cc2cccnc2)no1. The Morgan fingerprint density at radius 3 is 3.15 bits per heavy atom. The van der Waals surface area contributed by atoms with Gasteiger partial charge in [0.05, 0.1) is 12.5 Å². The van der Waals surface area contributed by atoms with Gasteiger partial charge in [-0.05, 0) is 11.6 Å². The lowest BCUT2D eigenvalue weighted by molar-refractivity contribution is -0.124. The Kier molecular flexibility index (Phi) is 3.69. The van der Waals surface area contributed by atoms with Gasteiger partial charge in [-0.15, -0.1) is 0 Å². The first kappa shape index (κ1) is 12.7. The number of amides is 1. The quantitative estimate of drug-likeness (QED) is 0.793. The van der Waals surface area contributed by atoms with Crippen molar-refractivity contribution in [2.75, 3.05) is 13.1 Å². The molecule has 1 saturated heterocycles. The molecule has 1 fully saturated rings. The van der Waals surface area contributed by atoms with Crippen LogP contribution in [0.5, 0.6) is 0 Å². The zero-order valence-corrected chi connectivity index (χ0v) is 10.9. The van der Waals surface area contributed by atoms with E-state index in [4.69, 9.17) is 4.52 Å². The van der Waals surface area contributed by atoms with Gasteiger partial charge in [0.2, 0.25) is 11.8 Å². The van der Waals surface area contributed by atoms with Crippen LogP contribution >= 0.6 is 0 Å². The Labute approximate surface area is 115 Å². The fraction of sp³-hybridized carbons (Fsp3) is 0.385. The van der Waals surface area contributed by atoms with Gasteiger partial charge < -0.3 is 15.2 Å². The van der Waals surface area contributed by atoms with Crippen molar-refractivity contribution in [3.05, 3.63) is 41.8 Å². The zero-order valence-electron chi connectivity index (χ0n) is 10.9. The predicted octanol–water partition coefficient (Wildman–Crippen LogP) is -0.314. The highest BCUT2D eigenvalue weighted by atomic mass is 16.5. The third-order valence-electron chi connectivity index (χ3n) is 3.11. The van der Waals surface area contributed by atoms with E-state index in [0.29, 0.717) is 31.1 Å². The molecule has 1 aliphatic rings. The Bertz CT molecular complexity index is 583. The van der Waals surface area contributed by atoms with E-state index < -0.39 is 0 Å². The Hall–Kier alpha value is -2.28. The summed E-state index contributed by atoms with van der Waals surface area (Å²) >= 11 is 0. The highest BCUT2D eigenvalue weighted by Crippen LogP contribution is 2.07. The summed E-state index contributed by atoms with van der Waals surface area (Å²) in [6.07, 6.45) is 4.47. The second kappa shape index (κ2) is 5.79. The van der Waals surface area contributed by atoms with Crippen LogP contribution in [0.25, 0.3) is 0 Å². The molecule has 20 heavy (non-hydrogen) atoms. The standard InChI is InChI=1S/C13H15N5O2/c19-13-10(15-4-5-16-13)7-12-17-11(18-20-12)6-9-2-1-3-14-8-9/h1-3,8,10,15H,4-7H2,(H,16,19). The second-order valence-corrected chi connectivity index (χ2v) is 4.64. The van der Waals surface area contributed by atoms with Crippen molar-refractivity contribution in [2.24, 2.45) is 0 Å². The Morgan fingerprint density at radius 2 is 2.35 bits per heavy atom. The average Bonchev–Trinajstić information content (AvgIpc) is 2.90. The highest BCUT2D eigenvalue weighted by Gasteiger charge is 2.24. The van der Waals surface area contributed by atoms with Crippen molar-refractivity contribution in [3.63, 3.8) is 0 Å². The fourth-order valence-corrected chi connectivity index (χ4v) is 2.12. The Morgan fingerprint density at radius 1 is 1.40 bits per heavy atom. The highest BCUT2D eigenvalue weighted by molar-refractivity contribution is 5.82. The molecule has 1 atom stereocenters. The topological polar surface area (TPSA) is 92.9 Å². The van der Waals surface area contributed by atoms with E-state index >= 15 is 0 Å². The van der Waals surface area contributed by atoms with Gasteiger partial charge in [-0.2, -0.15) is 4.98 Å². The maximum absolute atomic E-state index is 11.6. The molecule has 7 heteroatoms. The number of nitrogens with zero attached hydrogens (tertiary/aromatic N) is 3. The number of piperazine rings is 1. The number of rotatable bonds is 4. The molecule has 3 rings (SSSR count). The number of aromatic nitrogens is 3. The molecule has 1 amide bonds. The van der Waals surface area contributed by atoms with Crippen LogP contribution in [0.2, 0.25) is 0 Å². The third kappa shape index (κ3) is 3.00. The van der Waals surface area contributed by atoms with Crippen molar-refractivity contribution >= 4 is 5.91 Å². The molecule has 0 saturated carbocycles. The van der Waals surface area contributed by atoms with E-state index in [0.717, 1.165) is 12.1 Å². The maximum atomic E-state index is 11.6. The third-order valence-corrected chi connectivity index (χ3v) is 3.11. The van der Waals surface area contributed by atoms with Crippen LogP contribution < -0.4 is 10.6 Å². The van der Waals surface area contributed by atoms with E-state index in [-0.39, 0.29) is 11.9 Å². The van der Waals surface area contributed by atoms with Crippen LogP contribution in [-0.2, 0) is 17.6 Å². The molecular weight excluding hydrogens is 258 g/mol. The molecule has 104 valence electrons. The van der Waals surface area contributed by atoms with Crippen LogP contribution in [0, 0.1) is 0 Å². The fourth-order valence-electron chi connectivity index (χ4n) is 2.12. The summed E-state index contributed by atoms with van der Waals surface area (Å²) in [6.45, 7) is 1.42. The lowest BCUT2D eigenvalue weighted by Crippen LogP contribution is -2.53. The lowest BCUT2D eigenvalue weighted by Gasteiger charge is -2.21. The molecule has 1 aliphatic heterocycles. The van der Waals surface area contributed by atoms with Crippen molar-refractivity contribution in [3.8, 4) is 0 Å². The molecule has 7 nitrogen and oxygen atoms in total. The molecule has 2 aromatic heterocycles. The monoisotopic (exact) mass is 273 g/mol. The lowest BCUT2D eigenvalue weighted by atomic mass is 10.1. The summed E-state index contributed by atoms with van der Waals surface area (Å²) in [5, 5.41) is 9.85. The van der Waals surface area contributed by atoms with Crippen LogP contribution in [0.1, 0.15) is 17.3 Å². The van der Waals surface area contributed by atoms with Crippen molar-refractivity contribution in [1.82, 2.24) is 25.8 Å². The molecule has 0 aromatic carbocycles. The van der Waals surface area contributed by atoms with Crippen molar-refractivity contribution in [1.29, 1.82) is 0 Å². The summed E-state index contributed by atoms with van der Waals surface area (Å²) in [6, 6.07) is 3.53. The zero-order chi connectivity index (χ0) is 13.8. The van der Waals surface area contributed by atoms with E-state index in [1.165, 1.54) is 0 Å². The van der Waals surface area contributed by atoms with Crippen molar-refractivity contribution in [2.45, 2.75) is 18.9 Å². The van der Waals surface area contributed by atoms with Gasteiger partial charge in [0.25, 0.3) is 0 Å². The molecule has 3 heterocycles. The first-order chi connectivity index (χ1) is 9.81. The minimum Gasteiger partial charge on any atom is -0.353 e. The van der Waals surface area contributed by atoms with Crippen LogP contribution in [0.15, 0.2) is 29.0 Å². The summed E-state index contributed by atoms with van der Waals surface area (Å²) in [7, 11) is 0. The number of carbonyl (C=O) groups is 1. The minimum absolute atomic E-state index is 0.0248. The predicted molar refractivity (Wildman–Crippen MR) is 69.8 cm³/mol. The minimum atomic E-state index is -0.296. The van der Waals surface area contributed by atoms with E-state index in [9.17, 15) is 4.79 Å². The summed E-state index contributed by atoms with van der Waals surface area (Å²) in [5.41, 5.74) is 1.02. The summed E-state index contributed by atoms with van der Waals surface area (Å²) in [5.74, 6) is 1.05. The first-order valence-electron chi connectivity index (χ1n) is 6.53. The van der Waals surface area contributed by atoms with Gasteiger partial charge in [0.1, 0.15) is 0 Å². The van der Waals surface area contributed by atoms with Crippen LogP contribution in [-0.4, -0.2) is 40.2 Å². The van der Waals surface area contributed by atoms with E-state index in [1.54, 1.807) is 12.4 Å². The van der Waals surface area contributed by atoms with Crippen LogP contribution in [0.4, 0.5) is 0 Å². The second-order valence-electron chi connectivity index (χ2n) is 4.64. The summed E-state index contributed by atoms with van der Waals surface area (Å²) < 4.78 is 5.19. The molecule has 2 N–H and O–H groups in total. The number of hydrogen-bond donors (Lipinski definition) is 2. The number of pyridine rings is 1. The Balaban J connectivity index is 1.63. The number of nitrogens with one attached hydrogen (secondary N) is 2. The van der Waals surface area contributed by atoms with Crippen molar-refractivity contribution < 1.29 is 9.32 Å². The van der Waals surface area contributed by atoms with Gasteiger partial charge >= 0.3 is 0 Å². The smallest absolute Gasteiger partial charge is 0.237 e. The summed E-state index contributed by atoms with van der Waals surface area (Å²) in [4.78, 5) is 20.0. The molecule has 0 aliphatic carbocycles. The molecule has 2 aromatic rings. The van der Waals surface area contributed by atoms with Gasteiger partial charge in [0.15, 0.2) is 5.82 Å². The maximum Gasteiger partial charge on any atom is 0.237 e. The molecule has 0 spiro atoms. The van der Waals surface area contributed by atoms with E-state index in [1.807, 2.05) is 12.1 Å². The van der Waals surface area contributed by atoms with Gasteiger partial charge in [0, 0.05) is 31.9 Å².